The molecule has 0 saturated carbocycles. The highest BCUT2D eigenvalue weighted by molar-refractivity contribution is 6.00. The van der Waals surface area contributed by atoms with E-state index in [1.54, 1.807) is 17.2 Å². The van der Waals surface area contributed by atoms with E-state index in [2.05, 4.69) is 11.9 Å². The van der Waals surface area contributed by atoms with Gasteiger partial charge in [0.15, 0.2) is 0 Å². The quantitative estimate of drug-likeness (QED) is 0.571. The minimum Gasteiger partial charge on any atom is -0.385 e. The Balaban J connectivity index is 2.12. The average Bonchev–Trinajstić information content (AvgIpc) is 2.92. The molecular weight excluding hydrogens is 280 g/mol. The van der Waals surface area contributed by atoms with Gasteiger partial charge in [-0.3, -0.25) is 10.2 Å². The highest BCUT2D eigenvalue weighted by Gasteiger charge is 2.32. The first-order chi connectivity index (χ1) is 10.5. The van der Waals surface area contributed by atoms with Crippen LogP contribution in [0.5, 0.6) is 0 Å². The molecule has 0 aromatic carbocycles. The highest BCUT2D eigenvalue weighted by atomic mass is 16.2. The van der Waals surface area contributed by atoms with Gasteiger partial charge in [-0.25, -0.2) is 0 Å². The van der Waals surface area contributed by atoms with E-state index < -0.39 is 0 Å². The van der Waals surface area contributed by atoms with Crippen LogP contribution in [-0.4, -0.2) is 52.7 Å². The van der Waals surface area contributed by atoms with Crippen LogP contribution in [0, 0.1) is 22.7 Å². The number of likely N-dealkylation sites (N-methyl/N-ethyl adjacent to an activating group) is 1. The molecule has 4 N–H and O–H groups in total. The predicted octanol–water partition coefficient (Wildman–Crippen LogP) is 1.00. The van der Waals surface area contributed by atoms with Crippen LogP contribution in [0.1, 0.15) is 25.3 Å². The molecule has 0 bridgehead atoms. The number of nitrogens with two attached hydrogens (primary N) is 1. The van der Waals surface area contributed by atoms with Gasteiger partial charge in [0.25, 0.3) is 0 Å². The van der Waals surface area contributed by atoms with E-state index >= 15 is 0 Å². The van der Waals surface area contributed by atoms with Gasteiger partial charge < -0.3 is 20.5 Å². The van der Waals surface area contributed by atoms with Gasteiger partial charge in [0.2, 0.25) is 5.91 Å². The van der Waals surface area contributed by atoms with Crippen molar-refractivity contribution in [1.82, 2.24) is 14.8 Å². The first-order valence-electron chi connectivity index (χ1n) is 7.35. The minimum atomic E-state index is -0.138. The number of amides is 1. The van der Waals surface area contributed by atoms with Crippen molar-refractivity contribution < 1.29 is 4.79 Å². The Bertz CT molecular complexity index is 601. The number of nitriles is 1. The molecule has 1 aromatic heterocycles. The van der Waals surface area contributed by atoms with E-state index in [0.717, 1.165) is 6.42 Å². The lowest BCUT2D eigenvalue weighted by atomic mass is 9.91. The second-order valence-electron chi connectivity index (χ2n) is 5.77. The normalized spacial score (nSPS) is 21.2. The number of rotatable bonds is 3. The number of amidine groups is 1. The number of carbonyl (C=O) groups is 1. The molecule has 1 aliphatic rings. The summed E-state index contributed by atoms with van der Waals surface area (Å²) in [5.41, 5.74) is 6.50. The second kappa shape index (κ2) is 6.52. The number of hydrogen-bond donors (Lipinski definition) is 3. The molecule has 1 aromatic rings. The monoisotopic (exact) mass is 302 g/mol. The fraction of sp³-hybridized carbons (Fsp3) is 0.533. The number of aromatic nitrogens is 1. The van der Waals surface area contributed by atoms with Crippen molar-refractivity contribution >= 4 is 17.6 Å². The van der Waals surface area contributed by atoms with Crippen molar-refractivity contribution in [1.29, 1.82) is 10.7 Å². The predicted molar refractivity (Wildman–Crippen MR) is 84.2 cm³/mol. The zero-order valence-electron chi connectivity index (χ0n) is 13.0. The maximum absolute atomic E-state index is 11.9. The van der Waals surface area contributed by atoms with Crippen molar-refractivity contribution in [2.45, 2.75) is 25.8 Å². The Labute approximate surface area is 130 Å². The largest absolute Gasteiger partial charge is 0.385 e. The number of likely N-dealkylation sites (tertiary alicyclic amines) is 1. The lowest BCUT2D eigenvalue weighted by Crippen LogP contribution is -2.53. The summed E-state index contributed by atoms with van der Waals surface area (Å²) in [5.74, 6) is 1.03. The summed E-state index contributed by atoms with van der Waals surface area (Å²) in [6.07, 6.45) is 2.48. The molecule has 0 spiro atoms. The zero-order valence-corrected chi connectivity index (χ0v) is 13.0. The van der Waals surface area contributed by atoms with Gasteiger partial charge in [0.1, 0.15) is 18.1 Å². The highest BCUT2D eigenvalue weighted by Crippen LogP contribution is 2.24. The number of carbonyl (C=O) groups excluding carboxylic acids is 1. The molecule has 22 heavy (non-hydrogen) atoms. The molecule has 2 rings (SSSR count). The van der Waals surface area contributed by atoms with E-state index in [1.807, 2.05) is 18.0 Å². The average molecular weight is 302 g/mol. The van der Waals surface area contributed by atoms with Crippen LogP contribution in [-0.2, 0) is 4.79 Å². The third-order valence-electron chi connectivity index (χ3n) is 4.39. The summed E-state index contributed by atoms with van der Waals surface area (Å²) in [4.78, 5) is 18.4. The number of nitrogens with zero attached hydrogens (tertiary/aromatic N) is 3. The Morgan fingerprint density at radius 2 is 2.41 bits per heavy atom. The molecule has 1 saturated heterocycles. The molecule has 0 radical (unpaired) electrons. The molecule has 1 amide bonds. The fourth-order valence-electron chi connectivity index (χ4n) is 2.90. The summed E-state index contributed by atoms with van der Waals surface area (Å²) in [6, 6.07) is 3.72. The second-order valence-corrected chi connectivity index (χ2v) is 5.77. The van der Waals surface area contributed by atoms with Gasteiger partial charge in [0.05, 0.1) is 17.7 Å². The smallest absolute Gasteiger partial charge is 0.236 e. The third-order valence-corrected chi connectivity index (χ3v) is 4.39. The molecule has 2 heterocycles. The lowest BCUT2D eigenvalue weighted by molar-refractivity contribution is -0.132. The fourth-order valence-corrected chi connectivity index (χ4v) is 2.90. The van der Waals surface area contributed by atoms with Gasteiger partial charge in [0, 0.05) is 26.3 Å². The van der Waals surface area contributed by atoms with Gasteiger partial charge in [-0.1, -0.05) is 6.92 Å². The molecule has 7 heteroatoms. The van der Waals surface area contributed by atoms with Crippen molar-refractivity contribution in [2.75, 3.05) is 25.9 Å². The van der Waals surface area contributed by atoms with Crippen LogP contribution in [0.2, 0.25) is 0 Å². The van der Waals surface area contributed by atoms with E-state index in [-0.39, 0.29) is 18.4 Å². The Kier molecular flexibility index (Phi) is 4.71. The number of aromatic amines is 1. The molecule has 2 atom stereocenters. The van der Waals surface area contributed by atoms with E-state index in [4.69, 9.17) is 16.4 Å². The molecule has 1 fully saturated rings. The van der Waals surface area contributed by atoms with Crippen LogP contribution < -0.4 is 5.73 Å². The number of piperidine rings is 1. The Hall–Kier alpha value is -2.49. The topological polar surface area (TPSA) is 113 Å². The first-order valence-corrected chi connectivity index (χ1v) is 7.35. The summed E-state index contributed by atoms with van der Waals surface area (Å²) in [5, 5.41) is 17.0. The number of hydrogen-bond acceptors (Lipinski definition) is 4. The molecule has 0 unspecified atom stereocenters. The SMILES string of the molecule is C[C@@H]1CCN(C(=O)CC#N)C[C@@H]1N(C)C(=N)c1cc[nH]c1N. The van der Waals surface area contributed by atoms with Crippen LogP contribution in [0.4, 0.5) is 5.82 Å². The van der Waals surface area contributed by atoms with Crippen LogP contribution in [0.3, 0.4) is 0 Å². The van der Waals surface area contributed by atoms with Crippen molar-refractivity contribution in [3.05, 3.63) is 17.8 Å². The van der Waals surface area contributed by atoms with E-state index in [0.29, 0.717) is 36.2 Å². The minimum absolute atomic E-state index is 0.0400. The molecular formula is C15H22N6O. The van der Waals surface area contributed by atoms with Crippen molar-refractivity contribution in [2.24, 2.45) is 5.92 Å². The van der Waals surface area contributed by atoms with Gasteiger partial charge in [-0.2, -0.15) is 5.26 Å². The maximum Gasteiger partial charge on any atom is 0.236 e. The van der Waals surface area contributed by atoms with Gasteiger partial charge in [-0.05, 0) is 18.4 Å². The first kappa shape index (κ1) is 15.9. The molecule has 0 aliphatic carbocycles. The summed E-state index contributed by atoms with van der Waals surface area (Å²) in [7, 11) is 1.86. The summed E-state index contributed by atoms with van der Waals surface area (Å²) >= 11 is 0. The van der Waals surface area contributed by atoms with Crippen LogP contribution in [0.25, 0.3) is 0 Å². The Morgan fingerprint density at radius 3 is 3.00 bits per heavy atom. The number of nitrogen functional groups attached to an aromatic ring is 1. The van der Waals surface area contributed by atoms with Crippen LogP contribution in [0.15, 0.2) is 12.3 Å². The molecule has 7 nitrogen and oxygen atoms in total. The zero-order chi connectivity index (χ0) is 16.3. The van der Waals surface area contributed by atoms with E-state index in [1.165, 1.54) is 0 Å². The molecule has 1 aliphatic heterocycles. The maximum atomic E-state index is 11.9. The number of nitrogens with one attached hydrogen (secondary N) is 2. The van der Waals surface area contributed by atoms with Crippen LogP contribution >= 0.6 is 0 Å². The number of anilines is 1. The van der Waals surface area contributed by atoms with Crippen molar-refractivity contribution in [3.8, 4) is 6.07 Å². The summed E-state index contributed by atoms with van der Waals surface area (Å²) < 4.78 is 0. The molecule has 118 valence electrons. The van der Waals surface area contributed by atoms with Gasteiger partial charge in [-0.15, -0.1) is 0 Å². The lowest BCUT2D eigenvalue weighted by Gasteiger charge is -2.42. The van der Waals surface area contributed by atoms with Gasteiger partial charge >= 0.3 is 0 Å². The third kappa shape index (κ3) is 3.06. The number of H-pyrrole nitrogens is 1. The Morgan fingerprint density at radius 1 is 1.68 bits per heavy atom. The standard InChI is InChI=1S/C15H22N6O/c1-10-5-8-21(13(22)3-6-16)9-12(10)20(2)15(18)11-4-7-19-14(11)17/h4,7,10,12,18-19H,3,5,8-9,17H2,1-2H3/t10-,12+/m1/s1. The van der Waals surface area contributed by atoms with E-state index in [9.17, 15) is 4.79 Å². The van der Waals surface area contributed by atoms with Crippen molar-refractivity contribution in [3.63, 3.8) is 0 Å². The summed E-state index contributed by atoms with van der Waals surface area (Å²) in [6.45, 7) is 3.33.